The van der Waals surface area contributed by atoms with Crippen molar-refractivity contribution in [1.29, 1.82) is 0 Å². The van der Waals surface area contributed by atoms with Gasteiger partial charge in [-0.15, -0.1) is 0 Å². The quantitative estimate of drug-likeness (QED) is 0.422. The van der Waals surface area contributed by atoms with E-state index in [2.05, 4.69) is 0 Å². The molecule has 0 bridgehead atoms. The molecule has 6 heteroatoms. The Morgan fingerprint density at radius 3 is 2.45 bits per heavy atom. The zero-order valence-corrected chi connectivity index (χ0v) is 11.5. The zero-order valence-electron chi connectivity index (χ0n) is 11.5. The Morgan fingerprint density at radius 1 is 1.09 bits per heavy atom. The summed E-state index contributed by atoms with van der Waals surface area (Å²) in [5.74, 6) is 0.582. The second-order valence-electron chi connectivity index (χ2n) is 5.06. The molecule has 0 radical (unpaired) electrons. The molecule has 1 aromatic heterocycles. The second kappa shape index (κ2) is 4.24. The van der Waals surface area contributed by atoms with Crippen LogP contribution in [-0.2, 0) is 0 Å². The van der Waals surface area contributed by atoms with Crippen LogP contribution in [0, 0.1) is 0 Å². The first-order valence-electron chi connectivity index (χ1n) is 6.59. The molecule has 4 rings (SSSR count). The number of hydrogen-bond acceptors (Lipinski definition) is 6. The number of hydrogen-bond donors (Lipinski definition) is 1. The number of carbonyl (C=O) groups is 1. The van der Waals surface area contributed by atoms with E-state index in [1.165, 1.54) is 19.1 Å². The summed E-state index contributed by atoms with van der Waals surface area (Å²) in [6.45, 7) is 1.47. The lowest BCUT2D eigenvalue weighted by Gasteiger charge is -2.08. The summed E-state index contributed by atoms with van der Waals surface area (Å²) >= 11 is 0. The number of benzene rings is 2. The van der Waals surface area contributed by atoms with Gasteiger partial charge in [-0.2, -0.15) is 0 Å². The standard InChI is InChI=1S/C16H10O6/c1-7(17)9-2-8(18)3-14-15(9)10-4-12-13(21-6-20-12)5-11(10)16(19)22-14/h2-5,18H,6H2,1H3. The smallest absolute Gasteiger partial charge is 0.344 e. The Labute approximate surface area is 123 Å². The van der Waals surface area contributed by atoms with Gasteiger partial charge in [-0.3, -0.25) is 4.79 Å². The van der Waals surface area contributed by atoms with Crippen molar-refractivity contribution >= 4 is 27.5 Å². The fourth-order valence-electron chi connectivity index (χ4n) is 2.71. The summed E-state index contributed by atoms with van der Waals surface area (Å²) in [5.41, 5.74) is -0.134. The molecule has 1 N–H and O–H groups in total. The minimum Gasteiger partial charge on any atom is -0.508 e. The molecule has 0 saturated heterocycles. The topological polar surface area (TPSA) is 86.0 Å². The predicted molar refractivity (Wildman–Crippen MR) is 77.8 cm³/mol. The van der Waals surface area contributed by atoms with Gasteiger partial charge in [0.2, 0.25) is 6.79 Å². The number of phenols is 1. The molecule has 0 amide bonds. The van der Waals surface area contributed by atoms with Crippen LogP contribution in [-0.4, -0.2) is 17.7 Å². The molecular formula is C16H10O6. The number of phenolic OH excluding ortho intramolecular Hbond substituents is 1. The Bertz CT molecular complexity index is 1010. The highest BCUT2D eigenvalue weighted by atomic mass is 16.7. The molecule has 0 unspecified atom stereocenters. The summed E-state index contributed by atoms with van der Waals surface area (Å²) in [6.07, 6.45) is 0. The van der Waals surface area contributed by atoms with E-state index in [9.17, 15) is 14.7 Å². The number of aromatic hydroxyl groups is 1. The van der Waals surface area contributed by atoms with E-state index in [1.54, 1.807) is 12.1 Å². The van der Waals surface area contributed by atoms with E-state index in [0.717, 1.165) is 0 Å². The predicted octanol–water partition coefficient (Wildman–Crippen LogP) is 2.58. The summed E-state index contributed by atoms with van der Waals surface area (Å²) in [6, 6.07) is 5.86. The molecule has 0 aliphatic carbocycles. The van der Waals surface area contributed by atoms with Gasteiger partial charge >= 0.3 is 5.63 Å². The van der Waals surface area contributed by atoms with Crippen molar-refractivity contribution in [1.82, 2.24) is 0 Å². The Balaban J connectivity index is 2.27. The third-order valence-electron chi connectivity index (χ3n) is 3.67. The molecule has 2 aromatic carbocycles. The first kappa shape index (κ1) is 12.7. The highest BCUT2D eigenvalue weighted by Crippen LogP contribution is 2.39. The average molecular weight is 298 g/mol. The maximum atomic E-state index is 12.2. The maximum absolute atomic E-state index is 12.2. The first-order chi connectivity index (χ1) is 10.5. The van der Waals surface area contributed by atoms with Gasteiger partial charge in [0, 0.05) is 22.4 Å². The highest BCUT2D eigenvalue weighted by molar-refractivity contribution is 6.16. The van der Waals surface area contributed by atoms with E-state index in [0.29, 0.717) is 27.7 Å². The van der Waals surface area contributed by atoms with E-state index in [4.69, 9.17) is 13.9 Å². The molecule has 0 fully saturated rings. The molecule has 0 saturated carbocycles. The molecule has 1 aliphatic rings. The van der Waals surface area contributed by atoms with E-state index in [1.807, 2.05) is 0 Å². The van der Waals surface area contributed by atoms with Crippen LogP contribution in [0.25, 0.3) is 21.7 Å². The summed E-state index contributed by atoms with van der Waals surface area (Å²) in [4.78, 5) is 24.0. The molecule has 1 aliphatic heterocycles. The number of ketones is 1. The van der Waals surface area contributed by atoms with Gasteiger partial charge in [0.15, 0.2) is 17.3 Å². The van der Waals surface area contributed by atoms with Crippen molar-refractivity contribution in [2.75, 3.05) is 6.79 Å². The number of rotatable bonds is 1. The summed E-state index contributed by atoms with van der Waals surface area (Å²) in [5, 5.41) is 11.0. The lowest BCUT2D eigenvalue weighted by molar-refractivity contribution is 0.101. The van der Waals surface area contributed by atoms with Crippen LogP contribution in [0.4, 0.5) is 0 Å². The number of carbonyl (C=O) groups excluding carboxylic acids is 1. The van der Waals surface area contributed by atoms with Crippen molar-refractivity contribution in [2.24, 2.45) is 0 Å². The number of fused-ring (bicyclic) bond motifs is 4. The van der Waals surface area contributed by atoms with Gasteiger partial charge in [-0.25, -0.2) is 4.79 Å². The SMILES string of the molecule is CC(=O)c1cc(O)cc2oc(=O)c3cc4c(cc3c12)OCO4. The minimum absolute atomic E-state index is 0.0786. The van der Waals surface area contributed by atoms with E-state index >= 15 is 0 Å². The van der Waals surface area contributed by atoms with Crippen LogP contribution in [0.15, 0.2) is 33.5 Å². The van der Waals surface area contributed by atoms with Crippen LogP contribution in [0.3, 0.4) is 0 Å². The second-order valence-corrected chi connectivity index (χ2v) is 5.06. The zero-order chi connectivity index (χ0) is 15.4. The van der Waals surface area contributed by atoms with E-state index in [-0.39, 0.29) is 29.5 Å². The first-order valence-corrected chi connectivity index (χ1v) is 6.59. The largest absolute Gasteiger partial charge is 0.508 e. The van der Waals surface area contributed by atoms with Crippen molar-refractivity contribution in [3.8, 4) is 17.2 Å². The molecule has 2 heterocycles. The fraction of sp³-hybridized carbons (Fsp3) is 0.125. The normalized spacial score (nSPS) is 13.0. The van der Waals surface area contributed by atoms with Crippen LogP contribution < -0.4 is 15.1 Å². The van der Waals surface area contributed by atoms with Crippen molar-refractivity contribution in [3.63, 3.8) is 0 Å². The Hall–Kier alpha value is -3.02. The summed E-state index contributed by atoms with van der Waals surface area (Å²) < 4.78 is 15.8. The van der Waals surface area contributed by atoms with Gasteiger partial charge in [0.05, 0.1) is 5.39 Å². The Morgan fingerprint density at radius 2 is 1.77 bits per heavy atom. The van der Waals surface area contributed by atoms with Crippen molar-refractivity contribution in [2.45, 2.75) is 6.92 Å². The van der Waals surface area contributed by atoms with Crippen LogP contribution in [0.1, 0.15) is 17.3 Å². The lowest BCUT2D eigenvalue weighted by atomic mass is 9.99. The van der Waals surface area contributed by atoms with E-state index < -0.39 is 5.63 Å². The number of Topliss-reactive ketones (excluding diaryl/α,β-unsaturated/α-hetero) is 1. The van der Waals surface area contributed by atoms with Gasteiger partial charge in [0.1, 0.15) is 11.3 Å². The monoisotopic (exact) mass is 298 g/mol. The number of ether oxygens (including phenoxy) is 2. The molecule has 3 aromatic rings. The molecular weight excluding hydrogens is 288 g/mol. The van der Waals surface area contributed by atoms with Gasteiger partial charge in [-0.1, -0.05) is 0 Å². The maximum Gasteiger partial charge on any atom is 0.344 e. The van der Waals surface area contributed by atoms with Crippen LogP contribution in [0.5, 0.6) is 17.2 Å². The minimum atomic E-state index is -0.569. The molecule has 22 heavy (non-hydrogen) atoms. The van der Waals surface area contributed by atoms with Gasteiger partial charge in [-0.05, 0) is 25.1 Å². The molecule has 0 atom stereocenters. The molecule has 6 nitrogen and oxygen atoms in total. The van der Waals surface area contributed by atoms with Crippen molar-refractivity contribution < 1.29 is 23.8 Å². The summed E-state index contributed by atoms with van der Waals surface area (Å²) in [7, 11) is 0. The van der Waals surface area contributed by atoms with Crippen LogP contribution >= 0.6 is 0 Å². The van der Waals surface area contributed by atoms with Gasteiger partial charge in [0.25, 0.3) is 0 Å². The van der Waals surface area contributed by atoms with Crippen LogP contribution in [0.2, 0.25) is 0 Å². The van der Waals surface area contributed by atoms with Gasteiger partial charge < -0.3 is 19.0 Å². The fourth-order valence-corrected chi connectivity index (χ4v) is 2.71. The lowest BCUT2D eigenvalue weighted by Crippen LogP contribution is -2.03. The highest BCUT2D eigenvalue weighted by Gasteiger charge is 2.20. The molecule has 0 spiro atoms. The Kier molecular flexibility index (Phi) is 2.45. The molecule has 110 valence electrons. The average Bonchev–Trinajstić information content (AvgIpc) is 2.91. The van der Waals surface area contributed by atoms with Crippen molar-refractivity contribution in [3.05, 3.63) is 40.2 Å². The third-order valence-corrected chi connectivity index (χ3v) is 3.67. The third kappa shape index (κ3) is 1.67.